The summed E-state index contributed by atoms with van der Waals surface area (Å²) < 4.78 is 8.20. The Kier molecular flexibility index (Phi) is 3.13. The monoisotopic (exact) mass is 291 g/mol. The minimum Gasteiger partial charge on any atom is -0.481 e. The van der Waals surface area contributed by atoms with Crippen molar-refractivity contribution in [1.29, 1.82) is 0 Å². The van der Waals surface area contributed by atoms with Crippen LogP contribution in [0.4, 0.5) is 11.4 Å². The summed E-state index contributed by atoms with van der Waals surface area (Å²) in [5.74, 6) is -1.49. The van der Waals surface area contributed by atoms with Crippen LogP contribution in [0.2, 0.25) is 0 Å². The quantitative estimate of drug-likeness (QED) is 0.920. The SMILES string of the molecule is C[C@@H]1CN(C(=O)c2ccc3c(c2)N=S=N3)C[C@H]1C(=O)O. The third-order valence-corrected chi connectivity index (χ3v) is 4.27. The first-order valence-corrected chi connectivity index (χ1v) is 7.03. The van der Waals surface area contributed by atoms with Gasteiger partial charge < -0.3 is 10.0 Å². The summed E-state index contributed by atoms with van der Waals surface area (Å²) >= 11 is 1.11. The van der Waals surface area contributed by atoms with Gasteiger partial charge in [-0.05, 0) is 24.1 Å². The fourth-order valence-electron chi connectivity index (χ4n) is 2.55. The Bertz CT molecular complexity index is 667. The van der Waals surface area contributed by atoms with E-state index in [4.69, 9.17) is 5.11 Å². The number of carbonyl (C=O) groups is 2. The van der Waals surface area contributed by atoms with Crippen molar-refractivity contribution in [3.63, 3.8) is 0 Å². The molecule has 0 bridgehead atoms. The van der Waals surface area contributed by atoms with Crippen molar-refractivity contribution in [1.82, 2.24) is 4.90 Å². The van der Waals surface area contributed by atoms with E-state index in [9.17, 15) is 9.59 Å². The number of aliphatic carboxylic acids is 1. The Morgan fingerprint density at radius 1 is 1.30 bits per heavy atom. The Labute approximate surface area is 119 Å². The molecular formula is C13H13N3O3S. The summed E-state index contributed by atoms with van der Waals surface area (Å²) in [4.78, 5) is 25.1. The molecule has 1 aromatic rings. The number of carboxylic acid groups (broad SMARTS) is 1. The number of rotatable bonds is 2. The first-order valence-electron chi connectivity index (χ1n) is 6.30. The van der Waals surface area contributed by atoms with Gasteiger partial charge in [-0.25, -0.2) is 0 Å². The Morgan fingerprint density at radius 3 is 2.75 bits per heavy atom. The van der Waals surface area contributed by atoms with Gasteiger partial charge in [-0.2, -0.15) is 8.73 Å². The maximum atomic E-state index is 12.4. The molecule has 2 aliphatic heterocycles. The fourth-order valence-corrected chi connectivity index (χ4v) is 3.07. The van der Waals surface area contributed by atoms with Crippen LogP contribution < -0.4 is 0 Å². The number of hydrogen-bond acceptors (Lipinski definition) is 4. The van der Waals surface area contributed by atoms with Gasteiger partial charge in [0.2, 0.25) is 0 Å². The largest absolute Gasteiger partial charge is 0.481 e. The zero-order valence-electron chi connectivity index (χ0n) is 10.8. The van der Waals surface area contributed by atoms with Crippen molar-refractivity contribution < 1.29 is 14.7 Å². The molecule has 1 fully saturated rings. The molecule has 0 spiro atoms. The van der Waals surface area contributed by atoms with Crippen molar-refractivity contribution in [2.75, 3.05) is 13.1 Å². The van der Waals surface area contributed by atoms with Crippen molar-refractivity contribution in [2.24, 2.45) is 20.6 Å². The summed E-state index contributed by atoms with van der Waals surface area (Å²) in [6, 6.07) is 5.19. The number of amides is 1. The van der Waals surface area contributed by atoms with Crippen LogP contribution in [0.3, 0.4) is 0 Å². The zero-order valence-corrected chi connectivity index (χ0v) is 11.6. The lowest BCUT2D eigenvalue weighted by Crippen LogP contribution is -2.29. The topological polar surface area (TPSA) is 82.3 Å². The van der Waals surface area contributed by atoms with E-state index in [1.807, 2.05) is 6.92 Å². The molecule has 0 aliphatic carbocycles. The Balaban J connectivity index is 1.80. The third kappa shape index (κ3) is 2.14. The van der Waals surface area contributed by atoms with Crippen LogP contribution in [-0.2, 0) is 16.1 Å². The number of likely N-dealkylation sites (tertiary alicyclic amines) is 1. The molecule has 1 N–H and O–H groups in total. The average molecular weight is 291 g/mol. The molecular weight excluding hydrogens is 278 g/mol. The predicted octanol–water partition coefficient (Wildman–Crippen LogP) is 2.21. The average Bonchev–Trinajstić information content (AvgIpc) is 3.02. The highest BCUT2D eigenvalue weighted by molar-refractivity contribution is 7.58. The van der Waals surface area contributed by atoms with Gasteiger partial charge in [0.1, 0.15) is 11.4 Å². The summed E-state index contributed by atoms with van der Waals surface area (Å²) in [5.41, 5.74) is 2.00. The second kappa shape index (κ2) is 4.82. The molecule has 0 radical (unpaired) electrons. The van der Waals surface area contributed by atoms with E-state index in [1.165, 1.54) is 0 Å². The summed E-state index contributed by atoms with van der Waals surface area (Å²) in [6.45, 7) is 2.60. The number of hydrogen-bond donors (Lipinski definition) is 1. The molecule has 1 aromatic carbocycles. The van der Waals surface area contributed by atoms with Crippen molar-refractivity contribution >= 4 is 34.6 Å². The van der Waals surface area contributed by atoms with Crippen LogP contribution in [0.15, 0.2) is 26.9 Å². The number of fused-ring (bicyclic) bond motifs is 1. The first kappa shape index (κ1) is 13.0. The molecule has 104 valence electrons. The highest BCUT2D eigenvalue weighted by Crippen LogP contribution is 2.33. The molecule has 0 saturated carbocycles. The highest BCUT2D eigenvalue weighted by Gasteiger charge is 2.37. The van der Waals surface area contributed by atoms with E-state index in [2.05, 4.69) is 8.73 Å². The van der Waals surface area contributed by atoms with E-state index in [0.29, 0.717) is 17.8 Å². The van der Waals surface area contributed by atoms with E-state index in [-0.39, 0.29) is 18.4 Å². The van der Waals surface area contributed by atoms with E-state index in [1.54, 1.807) is 23.1 Å². The number of benzene rings is 1. The van der Waals surface area contributed by atoms with Gasteiger partial charge in [0, 0.05) is 18.7 Å². The fraction of sp³-hybridized carbons (Fsp3) is 0.385. The summed E-state index contributed by atoms with van der Waals surface area (Å²) in [7, 11) is 0. The maximum absolute atomic E-state index is 12.4. The van der Waals surface area contributed by atoms with Gasteiger partial charge in [0.05, 0.1) is 17.3 Å². The minimum atomic E-state index is -0.841. The second-order valence-electron chi connectivity index (χ2n) is 5.10. The smallest absolute Gasteiger partial charge is 0.308 e. The van der Waals surface area contributed by atoms with Crippen molar-refractivity contribution in [3.05, 3.63) is 23.8 Å². The lowest BCUT2D eigenvalue weighted by Gasteiger charge is -2.16. The van der Waals surface area contributed by atoms with Gasteiger partial charge in [-0.3, -0.25) is 9.59 Å². The van der Waals surface area contributed by atoms with Gasteiger partial charge in [-0.1, -0.05) is 6.92 Å². The van der Waals surface area contributed by atoms with Crippen LogP contribution >= 0.6 is 0 Å². The van der Waals surface area contributed by atoms with Crippen molar-refractivity contribution in [2.45, 2.75) is 6.92 Å². The summed E-state index contributed by atoms with van der Waals surface area (Å²) in [5, 5.41) is 9.11. The minimum absolute atomic E-state index is 0.0267. The van der Waals surface area contributed by atoms with Crippen LogP contribution in [-0.4, -0.2) is 35.0 Å². The summed E-state index contributed by atoms with van der Waals surface area (Å²) in [6.07, 6.45) is 0. The molecule has 6 nitrogen and oxygen atoms in total. The molecule has 0 unspecified atom stereocenters. The van der Waals surface area contributed by atoms with Gasteiger partial charge >= 0.3 is 5.97 Å². The van der Waals surface area contributed by atoms with Crippen molar-refractivity contribution in [3.8, 4) is 0 Å². The third-order valence-electron chi connectivity index (χ3n) is 3.72. The molecule has 1 amide bonds. The molecule has 2 aliphatic rings. The Morgan fingerprint density at radius 2 is 2.05 bits per heavy atom. The highest BCUT2D eigenvalue weighted by atomic mass is 32.1. The van der Waals surface area contributed by atoms with Crippen LogP contribution in [0.5, 0.6) is 0 Å². The molecule has 20 heavy (non-hydrogen) atoms. The van der Waals surface area contributed by atoms with Gasteiger partial charge in [0.25, 0.3) is 5.91 Å². The number of nitrogens with zero attached hydrogens (tertiary/aromatic N) is 3. The molecule has 0 aromatic heterocycles. The van der Waals surface area contributed by atoms with E-state index < -0.39 is 11.9 Å². The van der Waals surface area contributed by atoms with E-state index >= 15 is 0 Å². The number of carbonyl (C=O) groups excluding carboxylic acids is 1. The normalized spacial score (nSPS) is 23.6. The maximum Gasteiger partial charge on any atom is 0.308 e. The lowest BCUT2D eigenvalue weighted by molar-refractivity contribution is -0.142. The van der Waals surface area contributed by atoms with Crippen LogP contribution in [0.25, 0.3) is 0 Å². The molecule has 2 atom stereocenters. The predicted molar refractivity (Wildman–Crippen MR) is 74.2 cm³/mol. The van der Waals surface area contributed by atoms with Crippen LogP contribution in [0.1, 0.15) is 17.3 Å². The molecule has 1 saturated heterocycles. The second-order valence-corrected chi connectivity index (χ2v) is 5.63. The van der Waals surface area contributed by atoms with Gasteiger partial charge in [-0.15, -0.1) is 0 Å². The molecule has 2 heterocycles. The Hall–Kier alpha value is -2.02. The molecule has 3 rings (SSSR count). The zero-order chi connectivity index (χ0) is 14.3. The van der Waals surface area contributed by atoms with Gasteiger partial charge in [0.15, 0.2) is 0 Å². The standard InChI is InChI=1S/C13H13N3O3S/c1-7-5-16(6-9(7)13(18)19)12(17)8-2-3-10-11(4-8)15-20-14-10/h2-4,7,9H,5-6H2,1H3,(H,18,19)/t7-,9-/m1/s1. The molecule has 7 heteroatoms. The first-order chi connectivity index (χ1) is 9.56. The van der Waals surface area contributed by atoms with Crippen LogP contribution in [0, 0.1) is 11.8 Å². The van der Waals surface area contributed by atoms with E-state index in [0.717, 1.165) is 17.0 Å². The lowest BCUT2D eigenvalue weighted by atomic mass is 9.99. The number of carboxylic acids is 1.